The number of anilines is 1. The molecule has 2 aromatic carbocycles. The molecule has 0 unspecified atom stereocenters. The van der Waals surface area contributed by atoms with Crippen molar-refractivity contribution in [2.45, 2.75) is 35.8 Å². The molecule has 1 atom stereocenters. The third-order valence-corrected chi connectivity index (χ3v) is 7.09. The zero-order valence-electron chi connectivity index (χ0n) is 14.2. The molecule has 2 heterocycles. The highest BCUT2D eigenvalue weighted by molar-refractivity contribution is 7.86. The molecule has 0 amide bonds. The molecule has 1 N–H and O–H groups in total. The first kappa shape index (κ1) is 15.2. The molecule has 0 radical (unpaired) electrons. The summed E-state index contributed by atoms with van der Waals surface area (Å²) in [5.74, 6) is 0. The van der Waals surface area contributed by atoms with E-state index in [1.807, 2.05) is 0 Å². The van der Waals surface area contributed by atoms with Gasteiger partial charge in [-0.2, -0.15) is 0 Å². The molecule has 0 spiro atoms. The maximum Gasteiger partial charge on any atom is 0.0561 e. The van der Waals surface area contributed by atoms with Crippen LogP contribution in [0.5, 0.6) is 0 Å². The molecule has 1 aliphatic carbocycles. The maximum atomic E-state index is 12.7. The number of para-hydroxylation sites is 1. The van der Waals surface area contributed by atoms with Crippen molar-refractivity contribution < 1.29 is 4.21 Å². The van der Waals surface area contributed by atoms with E-state index < -0.39 is 10.8 Å². The minimum absolute atomic E-state index is 0.369. The molecule has 128 valence electrons. The Labute approximate surface area is 150 Å². The quantitative estimate of drug-likeness (QED) is 0.740. The fourth-order valence-corrected chi connectivity index (χ4v) is 5.17. The summed E-state index contributed by atoms with van der Waals surface area (Å²) in [6, 6.07) is 17.0. The predicted molar refractivity (Wildman–Crippen MR) is 105 cm³/mol. The Morgan fingerprint density at radius 2 is 1.80 bits per heavy atom. The van der Waals surface area contributed by atoms with Crippen molar-refractivity contribution >= 4 is 27.4 Å². The van der Waals surface area contributed by atoms with E-state index in [0.717, 1.165) is 42.0 Å². The Morgan fingerprint density at radius 3 is 2.56 bits per heavy atom. The van der Waals surface area contributed by atoms with Crippen LogP contribution >= 0.6 is 0 Å². The molecule has 2 aliphatic rings. The van der Waals surface area contributed by atoms with Gasteiger partial charge in [-0.15, -0.1) is 0 Å². The van der Waals surface area contributed by atoms with Gasteiger partial charge in [0, 0.05) is 51.1 Å². The number of aromatic nitrogens is 1. The summed E-state index contributed by atoms with van der Waals surface area (Å²) in [6.07, 6.45) is 4.70. The van der Waals surface area contributed by atoms with Gasteiger partial charge in [-0.05, 0) is 56.0 Å². The normalized spacial score (nSPS) is 18.8. The minimum atomic E-state index is -0.868. The van der Waals surface area contributed by atoms with E-state index in [-0.39, 0.29) is 0 Å². The lowest BCUT2D eigenvalue weighted by Crippen LogP contribution is -2.18. The van der Waals surface area contributed by atoms with Gasteiger partial charge >= 0.3 is 0 Å². The lowest BCUT2D eigenvalue weighted by Gasteiger charge is -2.21. The lowest BCUT2D eigenvalue weighted by atomic mass is 10.1. The first-order valence-electron chi connectivity index (χ1n) is 9.17. The van der Waals surface area contributed by atoms with Crippen molar-refractivity contribution in [1.82, 2.24) is 4.98 Å². The van der Waals surface area contributed by atoms with Crippen molar-refractivity contribution in [3.05, 3.63) is 48.5 Å². The van der Waals surface area contributed by atoms with Gasteiger partial charge in [0.1, 0.15) is 0 Å². The number of H-pyrrole nitrogens is 1. The van der Waals surface area contributed by atoms with Crippen molar-refractivity contribution in [3.63, 3.8) is 0 Å². The van der Waals surface area contributed by atoms with E-state index in [9.17, 15) is 4.21 Å². The van der Waals surface area contributed by atoms with Gasteiger partial charge in [0.15, 0.2) is 0 Å². The Hall–Kier alpha value is -2.07. The molecule has 2 fully saturated rings. The Bertz CT molecular complexity index is 918. The Morgan fingerprint density at radius 1 is 1.00 bits per heavy atom. The van der Waals surface area contributed by atoms with Crippen molar-refractivity contribution in [1.29, 1.82) is 0 Å². The van der Waals surface area contributed by atoms with E-state index >= 15 is 0 Å². The van der Waals surface area contributed by atoms with E-state index in [4.69, 9.17) is 0 Å². The van der Waals surface area contributed by atoms with Crippen LogP contribution in [0.4, 0.5) is 5.69 Å². The van der Waals surface area contributed by atoms with Crippen molar-refractivity contribution in [2.24, 2.45) is 0 Å². The lowest BCUT2D eigenvalue weighted by molar-refractivity contribution is 0.682. The summed E-state index contributed by atoms with van der Waals surface area (Å²) >= 11 is 0. The van der Waals surface area contributed by atoms with Crippen LogP contribution in [0, 0.1) is 0 Å². The summed E-state index contributed by atoms with van der Waals surface area (Å²) in [6.45, 7) is 2.22. The van der Waals surface area contributed by atoms with E-state index in [2.05, 4.69) is 58.4 Å². The minimum Gasteiger partial charge on any atom is -0.371 e. The number of nitrogens with one attached hydrogen (secondary N) is 1. The van der Waals surface area contributed by atoms with E-state index in [1.54, 1.807) is 0 Å². The zero-order valence-corrected chi connectivity index (χ0v) is 15.0. The number of aromatic amines is 1. The van der Waals surface area contributed by atoms with E-state index in [0.29, 0.717) is 5.25 Å². The van der Waals surface area contributed by atoms with Crippen LogP contribution in [0.3, 0.4) is 0 Å². The average Bonchev–Trinajstić information content (AvgIpc) is 3.19. The van der Waals surface area contributed by atoms with Crippen LogP contribution in [0.25, 0.3) is 22.2 Å². The van der Waals surface area contributed by atoms with Gasteiger partial charge in [0.05, 0.1) is 10.8 Å². The average molecular weight is 350 g/mol. The third kappa shape index (κ3) is 2.78. The number of hydrogen-bond acceptors (Lipinski definition) is 2. The molecular formula is C21H22N2OS. The van der Waals surface area contributed by atoms with Gasteiger partial charge in [-0.25, -0.2) is 0 Å². The fraction of sp³-hybridized carbons (Fsp3) is 0.333. The maximum absolute atomic E-state index is 12.7. The van der Waals surface area contributed by atoms with Gasteiger partial charge in [0.25, 0.3) is 0 Å². The Kier molecular flexibility index (Phi) is 3.66. The molecule has 25 heavy (non-hydrogen) atoms. The highest BCUT2D eigenvalue weighted by Crippen LogP contribution is 2.38. The number of fused-ring (bicyclic) bond motifs is 1. The van der Waals surface area contributed by atoms with Crippen LogP contribution in [0.2, 0.25) is 0 Å². The number of hydrogen-bond donors (Lipinski definition) is 1. The second-order valence-electron chi connectivity index (χ2n) is 7.14. The molecule has 3 aromatic rings. The molecule has 1 aromatic heterocycles. The van der Waals surface area contributed by atoms with Crippen LogP contribution in [-0.4, -0.2) is 27.5 Å². The van der Waals surface area contributed by atoms with Crippen molar-refractivity contribution in [2.75, 3.05) is 18.0 Å². The van der Waals surface area contributed by atoms with Crippen LogP contribution in [-0.2, 0) is 10.8 Å². The molecule has 1 aliphatic heterocycles. The smallest absolute Gasteiger partial charge is 0.0561 e. The van der Waals surface area contributed by atoms with E-state index in [1.165, 1.54) is 29.5 Å². The summed E-state index contributed by atoms with van der Waals surface area (Å²) in [7, 11) is -0.868. The van der Waals surface area contributed by atoms with Crippen LogP contribution in [0.15, 0.2) is 53.4 Å². The number of nitrogens with zero attached hydrogens (tertiary/aromatic N) is 1. The first-order chi connectivity index (χ1) is 12.3. The molecular weight excluding hydrogens is 328 g/mol. The predicted octanol–water partition coefficient (Wildman–Crippen LogP) is 4.71. The molecule has 3 nitrogen and oxygen atoms in total. The summed E-state index contributed by atoms with van der Waals surface area (Å²) < 4.78 is 12.7. The third-order valence-electron chi connectivity index (χ3n) is 5.29. The highest BCUT2D eigenvalue weighted by Gasteiger charge is 2.30. The van der Waals surface area contributed by atoms with Gasteiger partial charge in [-0.3, -0.25) is 4.21 Å². The standard InChI is InChI=1S/C21H22N2OS/c24-25(16-7-8-16)17-9-10-21(23-11-3-4-12-23)18(14-17)20-13-15-5-1-2-6-19(15)22-20/h1-2,5-6,9-10,13-14,16,22H,3-4,7-8,11-12H2/t25-/m1/s1. The van der Waals surface area contributed by atoms with Crippen molar-refractivity contribution in [3.8, 4) is 11.3 Å². The van der Waals surface area contributed by atoms with Crippen LogP contribution in [0.1, 0.15) is 25.7 Å². The second-order valence-corrected chi connectivity index (χ2v) is 8.87. The van der Waals surface area contributed by atoms with Gasteiger partial charge in [0.2, 0.25) is 0 Å². The zero-order chi connectivity index (χ0) is 16.8. The molecule has 1 saturated carbocycles. The summed E-state index contributed by atoms with van der Waals surface area (Å²) in [5.41, 5.74) is 4.72. The largest absolute Gasteiger partial charge is 0.371 e. The number of benzene rings is 2. The molecule has 1 saturated heterocycles. The number of rotatable bonds is 4. The van der Waals surface area contributed by atoms with Crippen LogP contribution < -0.4 is 4.90 Å². The summed E-state index contributed by atoms with van der Waals surface area (Å²) in [4.78, 5) is 7.00. The second kappa shape index (κ2) is 6.03. The Balaban J connectivity index is 1.64. The topological polar surface area (TPSA) is 36.1 Å². The highest BCUT2D eigenvalue weighted by atomic mass is 32.2. The molecule has 4 heteroatoms. The fourth-order valence-electron chi connectivity index (χ4n) is 3.78. The molecule has 0 bridgehead atoms. The first-order valence-corrected chi connectivity index (χ1v) is 10.4. The monoisotopic (exact) mass is 350 g/mol. The SMILES string of the molecule is O=[S@@](c1ccc(N2CCCC2)c(-c2cc3ccccc3[nH]2)c1)C1CC1. The summed E-state index contributed by atoms with van der Waals surface area (Å²) in [5, 5.41) is 1.59. The molecule has 5 rings (SSSR count). The van der Waals surface area contributed by atoms with Gasteiger partial charge in [-0.1, -0.05) is 18.2 Å². The van der Waals surface area contributed by atoms with Gasteiger partial charge < -0.3 is 9.88 Å².